The summed E-state index contributed by atoms with van der Waals surface area (Å²) in [5, 5.41) is 18.0. The highest BCUT2D eigenvalue weighted by Crippen LogP contribution is 2.14. The largest absolute Gasteiger partial charge is 0.370 e. The molecule has 3 heteroatoms. The summed E-state index contributed by atoms with van der Waals surface area (Å²) >= 11 is 0. The number of rotatable bonds is 2. The number of aromatic nitrogens is 1. The van der Waals surface area contributed by atoms with Gasteiger partial charge in [-0.2, -0.15) is 5.26 Å². The van der Waals surface area contributed by atoms with Crippen LogP contribution in [-0.2, 0) is 6.54 Å². The van der Waals surface area contributed by atoms with Gasteiger partial charge in [-0.15, -0.1) is 12.8 Å². The molecule has 0 unspecified atom stereocenters. The molecule has 0 amide bonds. The molecule has 1 aromatic heterocycles. The van der Waals surface area contributed by atoms with Crippen LogP contribution in [-0.4, -0.2) is 9.67 Å². The Morgan fingerprint density at radius 1 is 1.57 bits per heavy atom. The van der Waals surface area contributed by atoms with Crippen molar-refractivity contribution in [2.75, 3.05) is 0 Å². The van der Waals surface area contributed by atoms with Crippen molar-refractivity contribution in [3.8, 4) is 30.8 Å². The van der Waals surface area contributed by atoms with E-state index in [1.807, 2.05) is 6.07 Å². The zero-order valence-corrected chi connectivity index (χ0v) is 7.36. The van der Waals surface area contributed by atoms with Crippen molar-refractivity contribution in [3.05, 3.63) is 29.6 Å². The number of aliphatic hydroxyl groups is 1. The molecule has 0 spiro atoms. The van der Waals surface area contributed by atoms with Gasteiger partial charge in [-0.05, 0) is 6.07 Å². The minimum atomic E-state index is -0.197. The average molecular weight is 183 g/mol. The summed E-state index contributed by atoms with van der Waals surface area (Å²) in [6.07, 6.45) is 11.5. The molecule has 1 aromatic rings. The number of hydrogen-bond acceptors (Lipinski definition) is 2. The lowest BCUT2D eigenvalue weighted by atomic mass is 10.2. The Hall–Kier alpha value is -2.15. The van der Waals surface area contributed by atoms with Gasteiger partial charge in [-0.1, -0.05) is 11.8 Å². The molecule has 1 rings (SSSR count). The maximum Gasteiger partial charge on any atom is 0.197 e. The normalized spacial score (nSPS) is 9.07. The first-order valence-electron chi connectivity index (χ1n) is 3.79. The summed E-state index contributed by atoms with van der Waals surface area (Å²) in [7, 11) is 0. The molecular formula is C11H7N2O. The van der Waals surface area contributed by atoms with E-state index in [4.69, 9.17) is 18.1 Å². The van der Waals surface area contributed by atoms with Gasteiger partial charge in [-0.25, -0.2) is 0 Å². The minimum Gasteiger partial charge on any atom is -0.370 e. The highest BCUT2D eigenvalue weighted by Gasteiger charge is 2.11. The summed E-state index contributed by atoms with van der Waals surface area (Å²) in [4.78, 5) is 0. The highest BCUT2D eigenvalue weighted by molar-refractivity contribution is 5.40. The van der Waals surface area contributed by atoms with Gasteiger partial charge >= 0.3 is 0 Å². The molecule has 0 bridgehead atoms. The minimum absolute atomic E-state index is 0.197. The summed E-state index contributed by atoms with van der Waals surface area (Å²) < 4.78 is 1.54. The van der Waals surface area contributed by atoms with Crippen LogP contribution in [0.4, 0.5) is 0 Å². The SMILES string of the molecule is C#CCn1cc([C](O)C#C)cc1C#N. The van der Waals surface area contributed by atoms with Crippen LogP contribution in [0.2, 0.25) is 0 Å². The molecule has 67 valence electrons. The number of nitriles is 1. The first-order chi connectivity index (χ1) is 6.72. The highest BCUT2D eigenvalue weighted by atomic mass is 16.3. The van der Waals surface area contributed by atoms with Gasteiger partial charge in [-0.3, -0.25) is 0 Å². The third-order valence-electron chi connectivity index (χ3n) is 1.68. The second-order valence-electron chi connectivity index (χ2n) is 2.55. The quantitative estimate of drug-likeness (QED) is 0.692. The zero-order chi connectivity index (χ0) is 10.6. The molecule has 1 heterocycles. The Balaban J connectivity index is 3.11. The van der Waals surface area contributed by atoms with Crippen molar-refractivity contribution < 1.29 is 5.11 Å². The van der Waals surface area contributed by atoms with Crippen molar-refractivity contribution in [2.45, 2.75) is 6.54 Å². The Kier molecular flexibility index (Phi) is 2.97. The standard InChI is InChI=1S/C11H7N2O/c1-3-5-13-8-9(11(14)4-2)6-10(13)7-12/h1-2,6,8,14H,5H2. The van der Waals surface area contributed by atoms with Crippen molar-refractivity contribution in [2.24, 2.45) is 0 Å². The fourth-order valence-corrected chi connectivity index (χ4v) is 1.04. The van der Waals surface area contributed by atoms with Gasteiger partial charge in [0.2, 0.25) is 0 Å². The molecule has 1 radical (unpaired) electrons. The van der Waals surface area contributed by atoms with E-state index in [9.17, 15) is 5.11 Å². The van der Waals surface area contributed by atoms with Crippen LogP contribution >= 0.6 is 0 Å². The van der Waals surface area contributed by atoms with Gasteiger partial charge in [0, 0.05) is 11.8 Å². The van der Waals surface area contributed by atoms with E-state index in [1.54, 1.807) is 10.8 Å². The van der Waals surface area contributed by atoms with E-state index in [0.29, 0.717) is 11.3 Å². The van der Waals surface area contributed by atoms with Crippen LogP contribution in [0.25, 0.3) is 0 Å². The van der Waals surface area contributed by atoms with E-state index in [0.717, 1.165) is 0 Å². The van der Waals surface area contributed by atoms with Crippen LogP contribution in [0, 0.1) is 42.1 Å². The van der Waals surface area contributed by atoms with Gasteiger partial charge < -0.3 is 9.67 Å². The van der Waals surface area contributed by atoms with Gasteiger partial charge in [0.25, 0.3) is 0 Å². The Morgan fingerprint density at radius 2 is 2.29 bits per heavy atom. The molecule has 0 aliphatic heterocycles. The van der Waals surface area contributed by atoms with Crippen LogP contribution < -0.4 is 0 Å². The van der Waals surface area contributed by atoms with Gasteiger partial charge in [0.1, 0.15) is 11.8 Å². The fourth-order valence-electron chi connectivity index (χ4n) is 1.04. The number of nitrogens with zero attached hydrogens (tertiary/aromatic N) is 2. The Labute approximate surface area is 82.6 Å². The maximum absolute atomic E-state index is 9.24. The van der Waals surface area contributed by atoms with E-state index < -0.39 is 0 Å². The van der Waals surface area contributed by atoms with Crippen molar-refractivity contribution in [3.63, 3.8) is 0 Å². The number of terminal acetylenes is 2. The summed E-state index contributed by atoms with van der Waals surface area (Å²) in [6, 6.07) is 3.45. The second kappa shape index (κ2) is 4.19. The van der Waals surface area contributed by atoms with E-state index in [-0.39, 0.29) is 12.6 Å². The lowest BCUT2D eigenvalue weighted by Gasteiger charge is -1.96. The van der Waals surface area contributed by atoms with Crippen LogP contribution in [0.15, 0.2) is 12.3 Å². The van der Waals surface area contributed by atoms with E-state index in [1.165, 1.54) is 6.07 Å². The van der Waals surface area contributed by atoms with E-state index in [2.05, 4.69) is 11.8 Å². The second-order valence-corrected chi connectivity index (χ2v) is 2.55. The molecule has 0 saturated heterocycles. The molecule has 0 atom stereocenters. The lowest BCUT2D eigenvalue weighted by Crippen LogP contribution is -1.96. The van der Waals surface area contributed by atoms with Crippen LogP contribution in [0.3, 0.4) is 0 Å². The van der Waals surface area contributed by atoms with Gasteiger partial charge in [0.05, 0.1) is 6.54 Å². The zero-order valence-electron chi connectivity index (χ0n) is 7.36. The molecule has 0 saturated carbocycles. The van der Waals surface area contributed by atoms with E-state index >= 15 is 0 Å². The summed E-state index contributed by atoms with van der Waals surface area (Å²) in [5.74, 6) is 4.48. The molecule has 14 heavy (non-hydrogen) atoms. The molecule has 0 fully saturated rings. The fraction of sp³-hybridized carbons (Fsp3) is 0.0909. The monoisotopic (exact) mass is 183 g/mol. The molecule has 0 aliphatic carbocycles. The van der Waals surface area contributed by atoms with Gasteiger partial charge in [0.15, 0.2) is 6.10 Å². The smallest absolute Gasteiger partial charge is 0.197 e. The summed E-state index contributed by atoms with van der Waals surface area (Å²) in [5.41, 5.74) is 0.805. The average Bonchev–Trinajstić information content (AvgIpc) is 2.60. The van der Waals surface area contributed by atoms with Crippen molar-refractivity contribution in [1.82, 2.24) is 4.57 Å². The van der Waals surface area contributed by atoms with Crippen LogP contribution in [0.1, 0.15) is 11.3 Å². The Morgan fingerprint density at radius 3 is 2.79 bits per heavy atom. The molecule has 0 aliphatic rings. The first kappa shape index (κ1) is 9.93. The number of hydrogen-bond donors (Lipinski definition) is 1. The maximum atomic E-state index is 9.24. The van der Waals surface area contributed by atoms with Crippen LogP contribution in [0.5, 0.6) is 0 Å². The third kappa shape index (κ3) is 1.77. The predicted octanol–water partition coefficient (Wildman–Crippen LogP) is 0.879. The van der Waals surface area contributed by atoms with Crippen molar-refractivity contribution >= 4 is 0 Å². The number of aliphatic hydroxyl groups excluding tert-OH is 1. The van der Waals surface area contributed by atoms with Crippen molar-refractivity contribution in [1.29, 1.82) is 5.26 Å². The molecule has 1 N–H and O–H groups in total. The lowest BCUT2D eigenvalue weighted by molar-refractivity contribution is 0.370. The molecule has 0 aromatic carbocycles. The Bertz CT molecular complexity index is 451. The predicted molar refractivity (Wildman–Crippen MR) is 51.1 cm³/mol. The molecular weight excluding hydrogens is 176 g/mol. The summed E-state index contributed by atoms with van der Waals surface area (Å²) in [6.45, 7) is 0.279. The molecule has 3 nitrogen and oxygen atoms in total. The topological polar surface area (TPSA) is 49.0 Å². The third-order valence-corrected chi connectivity index (χ3v) is 1.68. The first-order valence-corrected chi connectivity index (χ1v) is 3.79.